The Hall–Kier alpha value is -6.13. The number of nitrogens with two attached hydrogens (primary N) is 1. The topological polar surface area (TPSA) is 64.7 Å². The number of nitrogen functional groups attached to an aromatic ring is 1. The molecule has 8 aromatic rings. The van der Waals surface area contributed by atoms with Gasteiger partial charge in [-0.25, -0.2) is 15.0 Å². The van der Waals surface area contributed by atoms with Gasteiger partial charge < -0.3 is 5.73 Å². The molecule has 1 heterocycles. The van der Waals surface area contributed by atoms with E-state index in [-0.39, 0.29) is 0 Å². The summed E-state index contributed by atoms with van der Waals surface area (Å²) < 4.78 is 0. The van der Waals surface area contributed by atoms with E-state index in [0.717, 1.165) is 56.3 Å². The van der Waals surface area contributed by atoms with Crippen molar-refractivity contribution in [3.05, 3.63) is 169 Å². The van der Waals surface area contributed by atoms with Gasteiger partial charge in [-0.2, -0.15) is 0 Å². The fourth-order valence-corrected chi connectivity index (χ4v) is 6.19. The quantitative estimate of drug-likeness (QED) is 0.196. The fourth-order valence-electron chi connectivity index (χ4n) is 6.19. The van der Waals surface area contributed by atoms with Gasteiger partial charge in [0.2, 0.25) is 0 Å². The molecule has 0 aliphatic heterocycles. The van der Waals surface area contributed by atoms with E-state index in [9.17, 15) is 0 Å². The Morgan fingerprint density at radius 1 is 0.413 bits per heavy atom. The van der Waals surface area contributed by atoms with Gasteiger partial charge in [0.1, 0.15) is 0 Å². The maximum absolute atomic E-state index is 6.86. The molecule has 8 rings (SSSR count). The molecule has 0 spiro atoms. The van der Waals surface area contributed by atoms with Gasteiger partial charge in [-0.05, 0) is 51.4 Å². The fraction of sp³-hybridized carbons (Fsp3) is 0.0238. The van der Waals surface area contributed by atoms with Crippen molar-refractivity contribution in [1.29, 1.82) is 0 Å². The van der Waals surface area contributed by atoms with Crippen LogP contribution >= 0.6 is 0 Å². The molecule has 46 heavy (non-hydrogen) atoms. The van der Waals surface area contributed by atoms with Crippen LogP contribution in [-0.2, 0) is 6.42 Å². The zero-order valence-corrected chi connectivity index (χ0v) is 25.1. The Labute approximate surface area is 267 Å². The first-order chi connectivity index (χ1) is 22.7. The monoisotopic (exact) mass is 590 g/mol. The standard InChI is InChI=1S/C42H30N4/c43-39-36-21-10-9-13-29(36)22-23-37(39)38-27-33-19-8-7-18-32(33)26-35(38)25-28-12-11-20-34(24-28)42-45-40(30-14-3-1-4-15-30)44-41(46-42)31-16-5-2-6-17-31/h1-24,26-27H,25,43H2. The van der Waals surface area contributed by atoms with Crippen LogP contribution in [0.25, 0.3) is 66.8 Å². The lowest BCUT2D eigenvalue weighted by Gasteiger charge is -2.16. The predicted octanol–water partition coefficient (Wildman–Crippen LogP) is 10.0. The highest BCUT2D eigenvalue weighted by atomic mass is 15.0. The zero-order chi connectivity index (χ0) is 30.9. The second-order valence-corrected chi connectivity index (χ2v) is 11.5. The van der Waals surface area contributed by atoms with E-state index in [1.165, 1.54) is 16.3 Å². The van der Waals surface area contributed by atoms with Gasteiger partial charge >= 0.3 is 0 Å². The minimum atomic E-state index is 0.645. The lowest BCUT2D eigenvalue weighted by atomic mass is 9.89. The normalized spacial score (nSPS) is 11.2. The molecule has 7 aromatic carbocycles. The smallest absolute Gasteiger partial charge is 0.164 e. The molecule has 0 saturated heterocycles. The highest BCUT2D eigenvalue weighted by Crippen LogP contribution is 2.37. The van der Waals surface area contributed by atoms with Crippen molar-refractivity contribution in [3.8, 4) is 45.3 Å². The Kier molecular flexibility index (Phi) is 7.01. The van der Waals surface area contributed by atoms with E-state index in [1.807, 2.05) is 72.8 Å². The van der Waals surface area contributed by atoms with Gasteiger partial charge in [-0.3, -0.25) is 0 Å². The van der Waals surface area contributed by atoms with Crippen LogP contribution in [0.3, 0.4) is 0 Å². The van der Waals surface area contributed by atoms with Crippen LogP contribution in [0, 0.1) is 0 Å². The number of aromatic nitrogens is 3. The summed E-state index contributed by atoms with van der Waals surface area (Å²) in [7, 11) is 0. The Balaban J connectivity index is 1.24. The van der Waals surface area contributed by atoms with E-state index in [2.05, 4.69) is 84.9 Å². The van der Waals surface area contributed by atoms with Crippen molar-refractivity contribution < 1.29 is 0 Å². The average molecular weight is 591 g/mol. The number of hydrogen-bond acceptors (Lipinski definition) is 4. The molecule has 0 amide bonds. The third-order valence-corrected chi connectivity index (χ3v) is 8.51. The number of benzene rings is 7. The van der Waals surface area contributed by atoms with Crippen LogP contribution in [0.2, 0.25) is 0 Å². The summed E-state index contributed by atoms with van der Waals surface area (Å²) in [6.07, 6.45) is 0.725. The summed E-state index contributed by atoms with van der Waals surface area (Å²) in [5, 5.41) is 4.60. The molecule has 0 atom stereocenters. The van der Waals surface area contributed by atoms with Crippen molar-refractivity contribution >= 4 is 27.2 Å². The predicted molar refractivity (Wildman–Crippen MR) is 190 cm³/mol. The molecule has 4 heteroatoms. The first-order valence-electron chi connectivity index (χ1n) is 15.5. The van der Waals surface area contributed by atoms with E-state index in [1.54, 1.807) is 0 Å². The van der Waals surface area contributed by atoms with E-state index < -0.39 is 0 Å². The van der Waals surface area contributed by atoms with Gasteiger partial charge in [0.05, 0.1) is 0 Å². The summed E-state index contributed by atoms with van der Waals surface area (Å²) in [4.78, 5) is 14.8. The van der Waals surface area contributed by atoms with Crippen LogP contribution in [0.4, 0.5) is 5.69 Å². The highest BCUT2D eigenvalue weighted by Gasteiger charge is 2.15. The summed E-state index contributed by atoms with van der Waals surface area (Å²) in [6.45, 7) is 0. The van der Waals surface area contributed by atoms with E-state index in [0.29, 0.717) is 17.5 Å². The molecule has 0 fully saturated rings. The van der Waals surface area contributed by atoms with Gasteiger partial charge in [0.25, 0.3) is 0 Å². The Morgan fingerprint density at radius 2 is 0.957 bits per heavy atom. The molecule has 0 bridgehead atoms. The molecular formula is C42H30N4. The number of fused-ring (bicyclic) bond motifs is 2. The third-order valence-electron chi connectivity index (χ3n) is 8.51. The van der Waals surface area contributed by atoms with Gasteiger partial charge in [0.15, 0.2) is 17.5 Å². The minimum absolute atomic E-state index is 0.645. The zero-order valence-electron chi connectivity index (χ0n) is 25.1. The SMILES string of the molecule is Nc1c(-c2cc3ccccc3cc2Cc2cccc(-c3nc(-c4ccccc4)nc(-c4ccccc4)n3)c2)ccc2ccccc12. The van der Waals surface area contributed by atoms with Crippen molar-refractivity contribution in [2.24, 2.45) is 0 Å². The van der Waals surface area contributed by atoms with Crippen LogP contribution in [-0.4, -0.2) is 15.0 Å². The molecule has 0 unspecified atom stereocenters. The molecule has 4 nitrogen and oxygen atoms in total. The maximum atomic E-state index is 6.86. The van der Waals surface area contributed by atoms with Crippen LogP contribution < -0.4 is 5.73 Å². The van der Waals surface area contributed by atoms with Crippen molar-refractivity contribution in [3.63, 3.8) is 0 Å². The molecule has 0 radical (unpaired) electrons. The highest BCUT2D eigenvalue weighted by molar-refractivity contribution is 6.02. The molecule has 0 saturated carbocycles. The first kappa shape index (κ1) is 27.4. The largest absolute Gasteiger partial charge is 0.398 e. The van der Waals surface area contributed by atoms with Gasteiger partial charge in [-0.15, -0.1) is 0 Å². The van der Waals surface area contributed by atoms with E-state index in [4.69, 9.17) is 20.7 Å². The lowest BCUT2D eigenvalue weighted by molar-refractivity contribution is 1.07. The average Bonchev–Trinajstić information content (AvgIpc) is 3.12. The minimum Gasteiger partial charge on any atom is -0.398 e. The third kappa shape index (κ3) is 5.27. The Morgan fingerprint density at radius 3 is 1.63 bits per heavy atom. The van der Waals surface area contributed by atoms with E-state index >= 15 is 0 Å². The molecule has 1 aromatic heterocycles. The lowest BCUT2D eigenvalue weighted by Crippen LogP contribution is -2.01. The van der Waals surface area contributed by atoms with Crippen molar-refractivity contribution in [2.75, 3.05) is 5.73 Å². The van der Waals surface area contributed by atoms with Crippen LogP contribution in [0.15, 0.2) is 158 Å². The Bertz CT molecular complexity index is 2290. The summed E-state index contributed by atoms with van der Waals surface area (Å²) in [5.74, 6) is 1.95. The maximum Gasteiger partial charge on any atom is 0.164 e. The second kappa shape index (κ2) is 11.8. The van der Waals surface area contributed by atoms with Crippen molar-refractivity contribution in [2.45, 2.75) is 6.42 Å². The first-order valence-corrected chi connectivity index (χ1v) is 15.5. The molecule has 0 aliphatic carbocycles. The number of anilines is 1. The van der Waals surface area contributed by atoms with Crippen molar-refractivity contribution in [1.82, 2.24) is 15.0 Å². The van der Waals surface area contributed by atoms with Gasteiger partial charge in [0, 0.05) is 33.3 Å². The van der Waals surface area contributed by atoms with Crippen LogP contribution in [0.1, 0.15) is 11.1 Å². The summed E-state index contributed by atoms with van der Waals surface area (Å²) >= 11 is 0. The summed E-state index contributed by atoms with van der Waals surface area (Å²) in [5.41, 5.74) is 15.1. The second-order valence-electron chi connectivity index (χ2n) is 11.5. The number of nitrogens with zero attached hydrogens (tertiary/aromatic N) is 3. The molecular weight excluding hydrogens is 560 g/mol. The van der Waals surface area contributed by atoms with Gasteiger partial charge in [-0.1, -0.05) is 146 Å². The molecule has 218 valence electrons. The number of rotatable bonds is 6. The number of hydrogen-bond donors (Lipinski definition) is 1. The molecule has 0 aliphatic rings. The van der Waals surface area contributed by atoms with Crippen LogP contribution in [0.5, 0.6) is 0 Å². The summed E-state index contributed by atoms with van der Waals surface area (Å²) in [6, 6.07) is 54.4. The molecule has 2 N–H and O–H groups in total.